The second-order valence-electron chi connectivity index (χ2n) is 10.2. The number of amides is 1. The van der Waals surface area contributed by atoms with Crippen molar-refractivity contribution in [3.05, 3.63) is 42.1 Å². The number of esters is 1. The normalized spacial score (nSPS) is 17.3. The second kappa shape index (κ2) is 12.8. The van der Waals surface area contributed by atoms with E-state index in [9.17, 15) is 14.7 Å². The Hall–Kier alpha value is -2.47. The van der Waals surface area contributed by atoms with Crippen molar-refractivity contribution < 1.29 is 19.4 Å². The van der Waals surface area contributed by atoms with Gasteiger partial charge in [-0.25, -0.2) is 4.79 Å². The van der Waals surface area contributed by atoms with E-state index in [0.717, 1.165) is 30.2 Å². The topological polar surface area (TPSA) is 88.5 Å². The molecule has 0 unspecified atom stereocenters. The van der Waals surface area contributed by atoms with Crippen molar-refractivity contribution in [2.24, 2.45) is 17.8 Å². The van der Waals surface area contributed by atoms with Crippen LogP contribution in [0, 0.1) is 17.8 Å². The molecule has 1 aromatic heterocycles. The largest absolute Gasteiger partial charge is 0.456 e. The standard InChI is InChI=1S/C28H40N2O4/c1-19(2)13-14-22(27(32)29-3)17-25(31)26(15-20-9-5-4-6-10-20)34-28(33)23-16-21-11-7-8-12-24(21)30-18-23/h7-8,11-12,16,18-20,22,25-26,31H,4-6,9-10,13-15,17H2,1-3H3,(H,29,32)/t22-,25+,26+/m1/s1. The van der Waals surface area contributed by atoms with Gasteiger partial charge in [0.2, 0.25) is 5.91 Å². The summed E-state index contributed by atoms with van der Waals surface area (Å²) in [4.78, 5) is 30.0. The Morgan fingerprint density at radius 2 is 1.88 bits per heavy atom. The van der Waals surface area contributed by atoms with E-state index >= 15 is 0 Å². The molecule has 186 valence electrons. The van der Waals surface area contributed by atoms with E-state index < -0.39 is 18.2 Å². The summed E-state index contributed by atoms with van der Waals surface area (Å²) in [6.45, 7) is 4.26. The van der Waals surface area contributed by atoms with Crippen molar-refractivity contribution in [1.82, 2.24) is 10.3 Å². The number of fused-ring (bicyclic) bond motifs is 1. The number of aliphatic hydroxyl groups excluding tert-OH is 1. The van der Waals surface area contributed by atoms with Crippen molar-refractivity contribution in [3.63, 3.8) is 0 Å². The molecule has 3 rings (SSSR count). The van der Waals surface area contributed by atoms with E-state index in [1.807, 2.05) is 24.3 Å². The lowest BCUT2D eigenvalue weighted by molar-refractivity contribution is -0.126. The highest BCUT2D eigenvalue weighted by Crippen LogP contribution is 2.31. The molecule has 2 N–H and O–H groups in total. The molecule has 6 heteroatoms. The molecule has 1 aliphatic rings. The molecule has 6 nitrogen and oxygen atoms in total. The fraction of sp³-hybridized carbons (Fsp3) is 0.607. The van der Waals surface area contributed by atoms with Crippen molar-refractivity contribution in [1.29, 1.82) is 0 Å². The molecule has 0 aliphatic heterocycles. The van der Waals surface area contributed by atoms with Gasteiger partial charge in [0.1, 0.15) is 6.10 Å². The van der Waals surface area contributed by atoms with Gasteiger partial charge in [0.05, 0.1) is 17.2 Å². The number of aliphatic hydroxyl groups is 1. The van der Waals surface area contributed by atoms with Crippen LogP contribution in [0.25, 0.3) is 10.9 Å². The van der Waals surface area contributed by atoms with Crippen molar-refractivity contribution in [2.45, 2.75) is 83.8 Å². The van der Waals surface area contributed by atoms with Crippen LogP contribution in [0.4, 0.5) is 0 Å². The molecule has 1 saturated carbocycles. The minimum atomic E-state index is -0.895. The van der Waals surface area contributed by atoms with E-state index in [0.29, 0.717) is 30.2 Å². The molecule has 1 aliphatic carbocycles. The average Bonchev–Trinajstić information content (AvgIpc) is 2.85. The number of carbonyl (C=O) groups excluding carboxylic acids is 2. The van der Waals surface area contributed by atoms with Crippen LogP contribution in [0.5, 0.6) is 0 Å². The zero-order valence-corrected chi connectivity index (χ0v) is 20.8. The van der Waals surface area contributed by atoms with Gasteiger partial charge < -0.3 is 15.2 Å². The number of rotatable bonds is 11. The zero-order valence-electron chi connectivity index (χ0n) is 20.8. The lowest BCUT2D eigenvalue weighted by atomic mass is 9.82. The number of nitrogens with one attached hydrogen (secondary N) is 1. The Labute approximate surface area is 203 Å². The summed E-state index contributed by atoms with van der Waals surface area (Å²) in [5, 5.41) is 14.8. The SMILES string of the molecule is CNC(=O)[C@H](CCC(C)C)C[C@H](O)[C@H](CC1CCCCC1)OC(=O)c1cnc2ccccc2c1. The third-order valence-corrected chi connectivity index (χ3v) is 7.04. The van der Waals surface area contributed by atoms with Gasteiger partial charge >= 0.3 is 5.97 Å². The van der Waals surface area contributed by atoms with E-state index in [1.165, 1.54) is 25.5 Å². The average molecular weight is 469 g/mol. The van der Waals surface area contributed by atoms with Crippen LogP contribution in [0.15, 0.2) is 36.5 Å². The molecule has 1 amide bonds. The van der Waals surface area contributed by atoms with Crippen LogP contribution < -0.4 is 5.32 Å². The van der Waals surface area contributed by atoms with Crippen LogP contribution in [-0.4, -0.2) is 41.2 Å². The fourth-order valence-corrected chi connectivity index (χ4v) is 4.96. The van der Waals surface area contributed by atoms with Gasteiger partial charge in [0.15, 0.2) is 0 Å². The highest BCUT2D eigenvalue weighted by Gasteiger charge is 2.32. The maximum Gasteiger partial charge on any atom is 0.340 e. The maximum absolute atomic E-state index is 13.1. The molecule has 3 atom stereocenters. The number of ether oxygens (including phenoxy) is 1. The fourth-order valence-electron chi connectivity index (χ4n) is 4.96. The quantitative estimate of drug-likeness (QED) is 0.438. The van der Waals surface area contributed by atoms with E-state index in [1.54, 1.807) is 13.1 Å². The van der Waals surface area contributed by atoms with Gasteiger partial charge in [0.25, 0.3) is 0 Å². The van der Waals surface area contributed by atoms with Gasteiger partial charge in [-0.2, -0.15) is 0 Å². The number of aromatic nitrogens is 1. The molecule has 0 radical (unpaired) electrons. The number of benzene rings is 1. The Morgan fingerprint density at radius 3 is 2.59 bits per heavy atom. The van der Waals surface area contributed by atoms with Crippen molar-refractivity contribution in [3.8, 4) is 0 Å². The first-order chi connectivity index (χ1) is 16.4. The number of nitrogens with zero attached hydrogens (tertiary/aromatic N) is 1. The lowest BCUT2D eigenvalue weighted by Crippen LogP contribution is -2.38. The number of para-hydroxylation sites is 1. The molecule has 1 fully saturated rings. The van der Waals surface area contributed by atoms with Crippen LogP contribution in [0.2, 0.25) is 0 Å². The van der Waals surface area contributed by atoms with Crippen molar-refractivity contribution >= 4 is 22.8 Å². The molecule has 1 heterocycles. The number of hydrogen-bond acceptors (Lipinski definition) is 5. The molecule has 1 aromatic carbocycles. The third-order valence-electron chi connectivity index (χ3n) is 7.04. The summed E-state index contributed by atoms with van der Waals surface area (Å²) >= 11 is 0. The molecule has 0 bridgehead atoms. The molecule has 34 heavy (non-hydrogen) atoms. The predicted molar refractivity (Wildman–Crippen MR) is 134 cm³/mol. The Kier molecular flexibility index (Phi) is 9.87. The van der Waals surface area contributed by atoms with Crippen LogP contribution in [0.1, 0.15) is 82.0 Å². The molecule has 0 saturated heterocycles. The molecule has 0 spiro atoms. The van der Waals surface area contributed by atoms with Gasteiger partial charge in [0, 0.05) is 24.5 Å². The first kappa shape index (κ1) is 26.1. The zero-order chi connectivity index (χ0) is 24.5. The molecular formula is C28H40N2O4. The first-order valence-corrected chi connectivity index (χ1v) is 12.8. The second-order valence-corrected chi connectivity index (χ2v) is 10.2. The van der Waals surface area contributed by atoms with E-state index in [-0.39, 0.29) is 18.2 Å². The van der Waals surface area contributed by atoms with Gasteiger partial charge in [-0.3, -0.25) is 9.78 Å². The minimum Gasteiger partial charge on any atom is -0.456 e. The van der Waals surface area contributed by atoms with Gasteiger partial charge in [-0.1, -0.05) is 70.6 Å². The maximum atomic E-state index is 13.1. The summed E-state index contributed by atoms with van der Waals surface area (Å²) in [7, 11) is 1.63. The minimum absolute atomic E-state index is 0.0684. The van der Waals surface area contributed by atoms with Crippen LogP contribution in [0.3, 0.4) is 0 Å². The summed E-state index contributed by atoms with van der Waals surface area (Å²) < 4.78 is 5.93. The highest BCUT2D eigenvalue weighted by molar-refractivity contribution is 5.93. The number of pyridine rings is 1. The van der Waals surface area contributed by atoms with E-state index in [2.05, 4.69) is 24.1 Å². The summed E-state index contributed by atoms with van der Waals surface area (Å²) in [6, 6.07) is 9.41. The Balaban J connectivity index is 1.75. The van der Waals surface area contributed by atoms with E-state index in [4.69, 9.17) is 4.74 Å². The number of carbonyl (C=O) groups is 2. The summed E-state index contributed by atoms with van der Waals surface area (Å²) in [5.41, 5.74) is 1.19. The first-order valence-electron chi connectivity index (χ1n) is 12.8. The van der Waals surface area contributed by atoms with Crippen molar-refractivity contribution in [2.75, 3.05) is 7.05 Å². The van der Waals surface area contributed by atoms with Crippen LogP contribution in [-0.2, 0) is 9.53 Å². The Bertz CT molecular complexity index is 939. The predicted octanol–water partition coefficient (Wildman–Crippen LogP) is 5.28. The summed E-state index contributed by atoms with van der Waals surface area (Å²) in [5.74, 6) is 0.0425. The summed E-state index contributed by atoms with van der Waals surface area (Å²) in [6.07, 6.45) is 8.26. The van der Waals surface area contributed by atoms with Gasteiger partial charge in [-0.15, -0.1) is 0 Å². The molecular weight excluding hydrogens is 428 g/mol. The smallest absolute Gasteiger partial charge is 0.340 e. The van der Waals surface area contributed by atoms with Gasteiger partial charge in [-0.05, 0) is 43.2 Å². The van der Waals surface area contributed by atoms with Crippen LogP contribution >= 0.6 is 0 Å². The highest BCUT2D eigenvalue weighted by atomic mass is 16.6. The monoisotopic (exact) mass is 468 g/mol. The third kappa shape index (κ3) is 7.52. The number of hydrogen-bond donors (Lipinski definition) is 2. The lowest BCUT2D eigenvalue weighted by Gasteiger charge is -2.31. The molecule has 2 aromatic rings. The Morgan fingerprint density at radius 1 is 1.15 bits per heavy atom.